The van der Waals surface area contributed by atoms with E-state index < -0.39 is 23.3 Å². The van der Waals surface area contributed by atoms with Crippen molar-refractivity contribution in [2.45, 2.75) is 26.4 Å². The molecular weight excluding hydrogens is 369 g/mol. The van der Waals surface area contributed by atoms with Crippen molar-refractivity contribution in [2.24, 2.45) is 0 Å². The molecule has 0 radical (unpaired) electrons. The number of ether oxygens (including phenoxy) is 1. The van der Waals surface area contributed by atoms with Crippen LogP contribution in [-0.4, -0.2) is 21.5 Å². The van der Waals surface area contributed by atoms with Crippen LogP contribution < -0.4 is 0 Å². The van der Waals surface area contributed by atoms with E-state index in [-0.39, 0.29) is 5.52 Å². The van der Waals surface area contributed by atoms with Crippen LogP contribution in [0.3, 0.4) is 0 Å². The number of fused-ring (bicyclic) bond motifs is 1. The fourth-order valence-electron chi connectivity index (χ4n) is 1.52. The molecule has 0 N–H and O–H groups in total. The highest BCUT2D eigenvalue weighted by Gasteiger charge is 2.22. The van der Waals surface area contributed by atoms with Crippen molar-refractivity contribution < 1.29 is 18.3 Å². The average Bonchev–Trinajstić information content (AvgIpc) is 2.55. The monoisotopic (exact) mass is 380 g/mol. The van der Waals surface area contributed by atoms with E-state index in [0.29, 0.717) is 9.09 Å². The standard InChI is InChI=1S/C12H11F2IN2O2/c1-12(2,3)19-11(18)17-9-5-8(14)7(13)4-6(9)10(15)16-17/h4-5H,1-3H3. The molecule has 0 fully saturated rings. The van der Waals surface area contributed by atoms with Crippen LogP contribution in [0.25, 0.3) is 10.9 Å². The predicted octanol–water partition coefficient (Wildman–Crippen LogP) is 3.70. The number of aromatic nitrogens is 2. The van der Waals surface area contributed by atoms with Crippen molar-refractivity contribution >= 4 is 39.6 Å². The van der Waals surface area contributed by atoms with Crippen LogP contribution in [0.1, 0.15) is 20.8 Å². The summed E-state index contributed by atoms with van der Waals surface area (Å²) in [7, 11) is 0. The lowest BCUT2D eigenvalue weighted by molar-refractivity contribution is 0.0522. The highest BCUT2D eigenvalue weighted by molar-refractivity contribution is 14.1. The molecule has 2 rings (SSSR count). The lowest BCUT2D eigenvalue weighted by Gasteiger charge is -2.19. The van der Waals surface area contributed by atoms with Gasteiger partial charge >= 0.3 is 6.09 Å². The minimum atomic E-state index is -1.03. The van der Waals surface area contributed by atoms with Crippen molar-refractivity contribution in [3.8, 4) is 0 Å². The Labute approximate surface area is 121 Å². The molecule has 0 saturated carbocycles. The lowest BCUT2D eigenvalue weighted by Crippen LogP contribution is -2.27. The first-order valence-electron chi connectivity index (χ1n) is 5.45. The maximum absolute atomic E-state index is 13.3. The van der Waals surface area contributed by atoms with Gasteiger partial charge in [-0.25, -0.2) is 13.6 Å². The Morgan fingerprint density at radius 2 is 1.89 bits per heavy atom. The molecule has 0 atom stereocenters. The third kappa shape index (κ3) is 2.85. The van der Waals surface area contributed by atoms with Crippen LogP contribution in [0.2, 0.25) is 0 Å². The van der Waals surface area contributed by atoms with Crippen molar-refractivity contribution in [1.82, 2.24) is 9.78 Å². The van der Waals surface area contributed by atoms with Crippen LogP contribution in [0.5, 0.6) is 0 Å². The minimum absolute atomic E-state index is 0.178. The van der Waals surface area contributed by atoms with Gasteiger partial charge in [0.25, 0.3) is 0 Å². The molecule has 0 saturated heterocycles. The molecule has 4 nitrogen and oxygen atoms in total. The van der Waals surface area contributed by atoms with Crippen LogP contribution in [0, 0.1) is 15.3 Å². The first kappa shape index (κ1) is 14.2. The molecule has 0 spiro atoms. The largest absolute Gasteiger partial charge is 0.442 e. The Kier molecular flexibility index (Phi) is 3.50. The van der Waals surface area contributed by atoms with E-state index in [0.717, 1.165) is 16.8 Å². The van der Waals surface area contributed by atoms with Gasteiger partial charge in [-0.2, -0.15) is 9.78 Å². The molecule has 1 heterocycles. The highest BCUT2D eigenvalue weighted by Crippen LogP contribution is 2.24. The van der Waals surface area contributed by atoms with Crippen molar-refractivity contribution in [3.05, 3.63) is 27.5 Å². The van der Waals surface area contributed by atoms with E-state index in [9.17, 15) is 13.6 Å². The van der Waals surface area contributed by atoms with Gasteiger partial charge in [-0.15, -0.1) is 0 Å². The van der Waals surface area contributed by atoms with Gasteiger partial charge < -0.3 is 4.74 Å². The molecule has 1 aromatic heterocycles. The third-order valence-corrected chi connectivity index (χ3v) is 3.04. The highest BCUT2D eigenvalue weighted by atomic mass is 127. The molecule has 1 aromatic carbocycles. The SMILES string of the molecule is CC(C)(C)OC(=O)n1nc(I)c2cc(F)c(F)cc21. The predicted molar refractivity (Wildman–Crippen MR) is 74.0 cm³/mol. The Morgan fingerprint density at radius 1 is 1.32 bits per heavy atom. The molecule has 2 aromatic rings. The molecule has 102 valence electrons. The molecule has 7 heteroatoms. The molecular formula is C12H11F2IN2O2. The van der Waals surface area contributed by atoms with Crippen LogP contribution in [-0.2, 0) is 4.74 Å². The Balaban J connectivity index is 2.56. The number of hydrogen-bond donors (Lipinski definition) is 0. The van der Waals surface area contributed by atoms with Gasteiger partial charge in [0, 0.05) is 11.5 Å². The summed E-state index contributed by atoms with van der Waals surface area (Å²) in [6, 6.07) is 1.95. The average molecular weight is 380 g/mol. The summed E-state index contributed by atoms with van der Waals surface area (Å²) in [5.41, 5.74) is -0.517. The smallest absolute Gasteiger partial charge is 0.435 e. The van der Waals surface area contributed by atoms with Gasteiger partial charge in [0.2, 0.25) is 0 Å². The number of rotatable bonds is 0. The fraction of sp³-hybridized carbons (Fsp3) is 0.333. The molecule has 0 bridgehead atoms. The van der Waals surface area contributed by atoms with E-state index >= 15 is 0 Å². The van der Waals surface area contributed by atoms with Gasteiger partial charge in [0.1, 0.15) is 9.30 Å². The second kappa shape index (κ2) is 4.69. The summed E-state index contributed by atoms with van der Waals surface area (Å²) in [5, 5.41) is 4.32. The second-order valence-electron chi connectivity index (χ2n) is 4.97. The number of carbonyl (C=O) groups excluding carboxylic acids is 1. The zero-order valence-electron chi connectivity index (χ0n) is 10.5. The summed E-state index contributed by atoms with van der Waals surface area (Å²) in [6.45, 7) is 5.13. The number of benzene rings is 1. The van der Waals surface area contributed by atoms with Crippen LogP contribution in [0.4, 0.5) is 13.6 Å². The molecule has 19 heavy (non-hydrogen) atoms. The summed E-state index contributed by atoms with van der Waals surface area (Å²) in [5.74, 6) is -2.01. The molecule has 0 unspecified atom stereocenters. The first-order valence-corrected chi connectivity index (χ1v) is 6.53. The lowest BCUT2D eigenvalue weighted by atomic mass is 10.2. The van der Waals surface area contributed by atoms with Gasteiger partial charge in [0.15, 0.2) is 11.6 Å². The summed E-state index contributed by atoms with van der Waals surface area (Å²) in [4.78, 5) is 11.9. The van der Waals surface area contributed by atoms with E-state index in [1.165, 1.54) is 0 Å². The van der Waals surface area contributed by atoms with Crippen molar-refractivity contribution in [1.29, 1.82) is 0 Å². The van der Waals surface area contributed by atoms with Gasteiger partial charge in [0.05, 0.1) is 5.52 Å². The number of nitrogens with zero attached hydrogens (tertiary/aromatic N) is 2. The van der Waals surface area contributed by atoms with E-state index in [2.05, 4.69) is 5.10 Å². The van der Waals surface area contributed by atoms with E-state index in [1.807, 2.05) is 22.6 Å². The molecule has 0 aliphatic carbocycles. The maximum atomic E-state index is 13.3. The van der Waals surface area contributed by atoms with Gasteiger partial charge in [-0.3, -0.25) is 0 Å². The Hall–Kier alpha value is -1.25. The topological polar surface area (TPSA) is 44.1 Å². The Morgan fingerprint density at radius 3 is 2.47 bits per heavy atom. The van der Waals surface area contributed by atoms with E-state index in [1.54, 1.807) is 20.8 Å². The molecule has 0 amide bonds. The zero-order chi connectivity index (χ0) is 14.4. The third-order valence-electron chi connectivity index (χ3n) is 2.24. The summed E-state index contributed by atoms with van der Waals surface area (Å²) < 4.78 is 32.9. The number of carbonyl (C=O) groups is 1. The van der Waals surface area contributed by atoms with Crippen molar-refractivity contribution in [2.75, 3.05) is 0 Å². The normalized spacial score (nSPS) is 11.9. The minimum Gasteiger partial charge on any atom is -0.442 e. The van der Waals surface area contributed by atoms with E-state index in [4.69, 9.17) is 4.74 Å². The number of halogens is 3. The number of hydrogen-bond acceptors (Lipinski definition) is 3. The fourth-order valence-corrected chi connectivity index (χ4v) is 2.16. The summed E-state index contributed by atoms with van der Waals surface area (Å²) >= 11 is 1.85. The first-order chi connectivity index (χ1) is 8.69. The molecule has 0 aliphatic heterocycles. The maximum Gasteiger partial charge on any atom is 0.435 e. The Bertz CT molecular complexity index is 662. The zero-order valence-corrected chi connectivity index (χ0v) is 12.7. The van der Waals surface area contributed by atoms with Gasteiger partial charge in [-0.05, 0) is 49.4 Å². The molecule has 0 aliphatic rings. The van der Waals surface area contributed by atoms with Gasteiger partial charge in [-0.1, -0.05) is 0 Å². The van der Waals surface area contributed by atoms with Crippen LogP contribution in [0.15, 0.2) is 12.1 Å². The quantitative estimate of drug-likeness (QED) is 0.655. The summed E-state index contributed by atoms with van der Waals surface area (Å²) in [6.07, 6.45) is -0.730. The van der Waals surface area contributed by atoms with Crippen LogP contribution >= 0.6 is 22.6 Å². The van der Waals surface area contributed by atoms with Crippen molar-refractivity contribution in [3.63, 3.8) is 0 Å². The second-order valence-corrected chi connectivity index (χ2v) is 5.99.